The van der Waals surface area contributed by atoms with Gasteiger partial charge in [0.1, 0.15) is 11.5 Å². The predicted molar refractivity (Wildman–Crippen MR) is 120 cm³/mol. The molecule has 172 valence electrons. The van der Waals surface area contributed by atoms with Crippen molar-refractivity contribution in [1.82, 2.24) is 44.8 Å². The first kappa shape index (κ1) is 21.5. The van der Waals surface area contributed by atoms with E-state index in [0.29, 0.717) is 35.5 Å². The summed E-state index contributed by atoms with van der Waals surface area (Å²) in [6.45, 7) is 2.38. The molecule has 4 aromatic rings. The minimum atomic E-state index is -1.67. The van der Waals surface area contributed by atoms with Gasteiger partial charge in [0.2, 0.25) is 5.95 Å². The van der Waals surface area contributed by atoms with E-state index in [1.54, 1.807) is 43.8 Å². The maximum atomic E-state index is 12.4. The zero-order chi connectivity index (χ0) is 23.7. The van der Waals surface area contributed by atoms with Crippen molar-refractivity contribution in [3.63, 3.8) is 0 Å². The van der Waals surface area contributed by atoms with Crippen LogP contribution in [0.4, 0.5) is 5.95 Å². The summed E-state index contributed by atoms with van der Waals surface area (Å²) >= 11 is 0. The average Bonchev–Trinajstić information content (AvgIpc) is 3.47. The minimum absolute atomic E-state index is 0.188. The summed E-state index contributed by atoms with van der Waals surface area (Å²) < 4.78 is 1.43. The van der Waals surface area contributed by atoms with Crippen molar-refractivity contribution in [2.45, 2.75) is 25.0 Å². The van der Waals surface area contributed by atoms with Crippen molar-refractivity contribution in [3.05, 3.63) is 66.6 Å². The van der Waals surface area contributed by atoms with Gasteiger partial charge in [-0.15, -0.1) is 5.10 Å². The van der Waals surface area contributed by atoms with Gasteiger partial charge in [0, 0.05) is 38.6 Å². The smallest absolute Gasteiger partial charge is 0.260 e. The zero-order valence-electron chi connectivity index (χ0n) is 18.6. The molecule has 5 heterocycles. The number of likely N-dealkylation sites (N-methyl/N-ethyl adjacent to an activating group) is 1. The third kappa shape index (κ3) is 3.94. The lowest BCUT2D eigenvalue weighted by molar-refractivity contribution is -0.143. The lowest BCUT2D eigenvalue weighted by Crippen LogP contribution is -2.36. The van der Waals surface area contributed by atoms with Crippen LogP contribution in [-0.4, -0.2) is 69.4 Å². The number of rotatable bonds is 6. The SMILES string of the molecule is CC(Nc1nccc(-c2cccc(-n3cc([C@]4(O)CCN(C)C4=O)nn3)n2)n1)c1ncccn1. The van der Waals surface area contributed by atoms with E-state index < -0.39 is 11.5 Å². The number of aliphatic hydroxyl groups is 1. The number of likely N-dealkylation sites (tertiary alicyclic amines) is 1. The van der Waals surface area contributed by atoms with Crippen LogP contribution in [0, 0.1) is 0 Å². The summed E-state index contributed by atoms with van der Waals surface area (Å²) in [4.78, 5) is 35.8. The molecule has 2 N–H and O–H groups in total. The lowest BCUT2D eigenvalue weighted by atomic mass is 9.99. The molecule has 0 bridgehead atoms. The highest BCUT2D eigenvalue weighted by molar-refractivity contribution is 5.87. The van der Waals surface area contributed by atoms with E-state index in [2.05, 4.69) is 40.5 Å². The molecule has 0 saturated carbocycles. The molecule has 1 saturated heterocycles. The van der Waals surface area contributed by atoms with Crippen LogP contribution in [0.25, 0.3) is 17.2 Å². The summed E-state index contributed by atoms with van der Waals surface area (Å²) in [6.07, 6.45) is 6.79. The fourth-order valence-electron chi connectivity index (χ4n) is 3.71. The highest BCUT2D eigenvalue weighted by Gasteiger charge is 2.47. The van der Waals surface area contributed by atoms with E-state index in [9.17, 15) is 9.90 Å². The van der Waals surface area contributed by atoms with Gasteiger partial charge in [-0.05, 0) is 31.2 Å². The van der Waals surface area contributed by atoms with Crippen molar-refractivity contribution in [2.75, 3.05) is 18.9 Å². The first-order chi connectivity index (χ1) is 16.4. The van der Waals surface area contributed by atoms with Gasteiger partial charge in [-0.1, -0.05) is 11.3 Å². The number of anilines is 1. The van der Waals surface area contributed by atoms with Gasteiger partial charge < -0.3 is 15.3 Å². The molecule has 2 atom stereocenters. The van der Waals surface area contributed by atoms with E-state index in [-0.39, 0.29) is 18.2 Å². The van der Waals surface area contributed by atoms with Crippen LogP contribution >= 0.6 is 0 Å². The van der Waals surface area contributed by atoms with Crippen molar-refractivity contribution in [2.24, 2.45) is 0 Å². The second-order valence-corrected chi connectivity index (χ2v) is 8.00. The minimum Gasteiger partial charge on any atom is -0.374 e. The molecule has 1 fully saturated rings. The molecule has 1 amide bonds. The van der Waals surface area contributed by atoms with Gasteiger partial charge in [0.05, 0.1) is 23.6 Å². The standard InChI is InChI=1S/C22H22N10O2/c1-14(19-23-9-4-10-24-19)26-21-25-11-7-16(28-21)15-5-3-6-18(27-15)32-13-17(29-30-32)22(34)8-12-31(2)20(22)33/h3-7,9-11,13-14,34H,8,12H2,1-2H3,(H,25,26,28)/t14?,22-/m1/s1. The fourth-order valence-corrected chi connectivity index (χ4v) is 3.71. The normalized spacial score (nSPS) is 18.8. The van der Waals surface area contributed by atoms with Crippen LogP contribution in [0.2, 0.25) is 0 Å². The third-order valence-electron chi connectivity index (χ3n) is 5.63. The second kappa shape index (κ2) is 8.56. The number of aromatic nitrogens is 8. The molecule has 0 aliphatic carbocycles. The van der Waals surface area contributed by atoms with E-state index >= 15 is 0 Å². The quantitative estimate of drug-likeness (QED) is 0.431. The van der Waals surface area contributed by atoms with Crippen LogP contribution in [0.3, 0.4) is 0 Å². The Bertz CT molecular complexity index is 1330. The van der Waals surface area contributed by atoms with E-state index in [4.69, 9.17) is 0 Å². The Hall–Kier alpha value is -4.32. The first-order valence-corrected chi connectivity index (χ1v) is 10.7. The average molecular weight is 458 g/mol. The largest absolute Gasteiger partial charge is 0.374 e. The second-order valence-electron chi connectivity index (χ2n) is 8.00. The topological polar surface area (TPSA) is 148 Å². The Morgan fingerprint density at radius 2 is 1.85 bits per heavy atom. The van der Waals surface area contributed by atoms with E-state index in [1.165, 1.54) is 15.8 Å². The van der Waals surface area contributed by atoms with E-state index in [1.807, 2.05) is 19.1 Å². The molecule has 12 heteroatoms. The van der Waals surface area contributed by atoms with Crippen LogP contribution in [0.15, 0.2) is 55.1 Å². The molecule has 0 radical (unpaired) electrons. The molecule has 1 aliphatic rings. The summed E-state index contributed by atoms with van der Waals surface area (Å²) in [5.41, 5.74) is -0.275. The number of carbonyl (C=O) groups is 1. The van der Waals surface area contributed by atoms with Gasteiger partial charge in [0.15, 0.2) is 11.4 Å². The molecule has 0 aromatic carbocycles. The van der Waals surface area contributed by atoms with E-state index in [0.717, 1.165) is 0 Å². The zero-order valence-corrected chi connectivity index (χ0v) is 18.6. The summed E-state index contributed by atoms with van der Waals surface area (Å²) in [6, 6.07) is 8.72. The van der Waals surface area contributed by atoms with Crippen LogP contribution in [0.5, 0.6) is 0 Å². The van der Waals surface area contributed by atoms with Crippen molar-refractivity contribution >= 4 is 11.9 Å². The molecule has 5 rings (SSSR count). The fraction of sp³-hybridized carbons (Fsp3) is 0.273. The molecule has 12 nitrogen and oxygen atoms in total. The summed E-state index contributed by atoms with van der Waals surface area (Å²) in [5.74, 6) is 1.13. The molecular formula is C22H22N10O2. The lowest BCUT2D eigenvalue weighted by Gasteiger charge is -2.17. The molecule has 34 heavy (non-hydrogen) atoms. The van der Waals surface area contributed by atoms with Crippen LogP contribution in [0.1, 0.15) is 30.9 Å². The summed E-state index contributed by atoms with van der Waals surface area (Å²) in [7, 11) is 1.65. The molecule has 0 spiro atoms. The van der Waals surface area contributed by atoms with Gasteiger partial charge in [0.25, 0.3) is 5.91 Å². The Morgan fingerprint density at radius 3 is 2.62 bits per heavy atom. The van der Waals surface area contributed by atoms with Gasteiger partial charge in [-0.3, -0.25) is 4.79 Å². The van der Waals surface area contributed by atoms with Crippen molar-refractivity contribution in [3.8, 4) is 17.2 Å². The maximum Gasteiger partial charge on any atom is 0.260 e. The highest BCUT2D eigenvalue weighted by Crippen LogP contribution is 2.31. The summed E-state index contributed by atoms with van der Waals surface area (Å²) in [5, 5.41) is 22.1. The van der Waals surface area contributed by atoms with Crippen molar-refractivity contribution < 1.29 is 9.90 Å². The van der Waals surface area contributed by atoms with Crippen LogP contribution < -0.4 is 5.32 Å². The molecular weight excluding hydrogens is 436 g/mol. The van der Waals surface area contributed by atoms with Gasteiger partial charge in [-0.2, -0.15) is 0 Å². The predicted octanol–water partition coefficient (Wildman–Crippen LogP) is 1.13. The number of hydrogen-bond acceptors (Lipinski definition) is 10. The maximum absolute atomic E-state index is 12.4. The number of pyridine rings is 1. The third-order valence-corrected chi connectivity index (χ3v) is 5.63. The number of carbonyl (C=O) groups excluding carboxylic acids is 1. The van der Waals surface area contributed by atoms with Gasteiger partial charge in [-0.25, -0.2) is 29.6 Å². The number of amides is 1. The number of nitrogens with one attached hydrogen (secondary N) is 1. The Labute approximate surface area is 194 Å². The Morgan fingerprint density at radius 1 is 1.06 bits per heavy atom. The Kier molecular flexibility index (Phi) is 5.42. The van der Waals surface area contributed by atoms with Crippen LogP contribution in [-0.2, 0) is 10.4 Å². The highest BCUT2D eigenvalue weighted by atomic mass is 16.3. The molecule has 1 aliphatic heterocycles. The monoisotopic (exact) mass is 458 g/mol. The first-order valence-electron chi connectivity index (χ1n) is 10.7. The van der Waals surface area contributed by atoms with Gasteiger partial charge >= 0.3 is 0 Å². The molecule has 4 aromatic heterocycles. The Balaban J connectivity index is 1.39. The number of nitrogens with zero attached hydrogens (tertiary/aromatic N) is 9. The van der Waals surface area contributed by atoms with Crippen molar-refractivity contribution in [1.29, 1.82) is 0 Å². The molecule has 1 unspecified atom stereocenters. The number of hydrogen-bond donors (Lipinski definition) is 2.